The van der Waals surface area contributed by atoms with E-state index >= 15 is 0 Å². The molecular formula is C25H26N2O3. The minimum atomic E-state index is -0.161. The second kappa shape index (κ2) is 10.7. The summed E-state index contributed by atoms with van der Waals surface area (Å²) >= 11 is 0. The van der Waals surface area contributed by atoms with E-state index in [4.69, 9.17) is 9.47 Å². The van der Waals surface area contributed by atoms with E-state index in [1.54, 1.807) is 0 Å². The largest absolute Gasteiger partial charge is 0.489 e. The van der Waals surface area contributed by atoms with Crippen molar-refractivity contribution < 1.29 is 14.3 Å². The first-order valence-electron chi connectivity index (χ1n) is 9.77. The fourth-order valence-electron chi connectivity index (χ4n) is 2.68. The van der Waals surface area contributed by atoms with Crippen molar-refractivity contribution in [2.45, 2.75) is 13.5 Å². The topological polar surface area (TPSA) is 59.6 Å². The van der Waals surface area contributed by atoms with Gasteiger partial charge in [0.25, 0.3) is 0 Å². The Labute approximate surface area is 177 Å². The average Bonchev–Trinajstić information content (AvgIpc) is 2.77. The molecule has 2 N–H and O–H groups in total. The molecule has 3 aromatic carbocycles. The summed E-state index contributed by atoms with van der Waals surface area (Å²) in [6, 6.07) is 24.9. The molecule has 3 rings (SSSR count). The molecule has 0 atom stereocenters. The summed E-state index contributed by atoms with van der Waals surface area (Å²) < 4.78 is 11.5. The van der Waals surface area contributed by atoms with Gasteiger partial charge in [0.15, 0.2) is 0 Å². The van der Waals surface area contributed by atoms with Crippen LogP contribution >= 0.6 is 0 Å². The van der Waals surface area contributed by atoms with Crippen LogP contribution < -0.4 is 20.1 Å². The van der Waals surface area contributed by atoms with Gasteiger partial charge < -0.3 is 20.1 Å². The number of hydrogen-bond acceptors (Lipinski definition) is 4. The fraction of sp³-hybridized carbons (Fsp3) is 0.160. The highest BCUT2D eigenvalue weighted by Gasteiger charge is 2.08. The third-order valence-electron chi connectivity index (χ3n) is 4.19. The first kappa shape index (κ1) is 21.0. The van der Waals surface area contributed by atoms with Gasteiger partial charge in [-0.25, -0.2) is 0 Å². The van der Waals surface area contributed by atoms with E-state index in [0.717, 1.165) is 22.6 Å². The fourth-order valence-corrected chi connectivity index (χ4v) is 2.68. The maximum atomic E-state index is 12.3. The molecule has 0 fully saturated rings. The molecule has 0 saturated heterocycles. The number of nitrogens with one attached hydrogen (secondary N) is 2. The summed E-state index contributed by atoms with van der Waals surface area (Å²) in [7, 11) is 0. The quantitative estimate of drug-likeness (QED) is 0.454. The Morgan fingerprint density at radius 1 is 0.900 bits per heavy atom. The van der Waals surface area contributed by atoms with E-state index in [9.17, 15) is 4.79 Å². The van der Waals surface area contributed by atoms with Crippen molar-refractivity contribution in [1.82, 2.24) is 0 Å². The molecule has 0 saturated carbocycles. The lowest BCUT2D eigenvalue weighted by atomic mass is 10.2. The molecule has 0 heterocycles. The summed E-state index contributed by atoms with van der Waals surface area (Å²) in [5.41, 5.74) is 3.50. The van der Waals surface area contributed by atoms with Crippen molar-refractivity contribution in [1.29, 1.82) is 0 Å². The summed E-state index contributed by atoms with van der Waals surface area (Å²) in [5, 5.41) is 5.99. The number of carbonyl (C=O) groups is 1. The van der Waals surface area contributed by atoms with Gasteiger partial charge >= 0.3 is 0 Å². The Kier molecular flexibility index (Phi) is 7.50. The summed E-state index contributed by atoms with van der Waals surface area (Å²) in [4.78, 5) is 12.3. The van der Waals surface area contributed by atoms with Crippen LogP contribution in [0.4, 0.5) is 11.4 Å². The highest BCUT2D eigenvalue weighted by Crippen LogP contribution is 2.24. The molecule has 0 aliphatic carbocycles. The minimum absolute atomic E-state index is 0.138. The predicted molar refractivity (Wildman–Crippen MR) is 121 cm³/mol. The maximum absolute atomic E-state index is 12.3. The van der Waals surface area contributed by atoms with Gasteiger partial charge in [-0.05, 0) is 54.5 Å². The first-order valence-corrected chi connectivity index (χ1v) is 9.77. The van der Waals surface area contributed by atoms with Crippen molar-refractivity contribution in [2.24, 2.45) is 0 Å². The average molecular weight is 402 g/mol. The van der Waals surface area contributed by atoms with Crippen LogP contribution in [-0.2, 0) is 11.4 Å². The highest BCUT2D eigenvalue weighted by atomic mass is 16.5. The molecule has 1 amide bonds. The Morgan fingerprint density at radius 2 is 1.60 bits per heavy atom. The molecule has 5 nitrogen and oxygen atoms in total. The van der Waals surface area contributed by atoms with Crippen LogP contribution in [0.2, 0.25) is 0 Å². The zero-order valence-corrected chi connectivity index (χ0v) is 17.1. The molecule has 30 heavy (non-hydrogen) atoms. The highest BCUT2D eigenvalue weighted by molar-refractivity contribution is 5.95. The molecule has 154 valence electrons. The van der Waals surface area contributed by atoms with Crippen LogP contribution in [-0.4, -0.2) is 19.1 Å². The van der Waals surface area contributed by atoms with Crippen molar-refractivity contribution in [3.63, 3.8) is 0 Å². The molecule has 0 aliphatic heterocycles. The van der Waals surface area contributed by atoms with Crippen molar-refractivity contribution in [3.8, 4) is 11.5 Å². The van der Waals surface area contributed by atoms with Gasteiger partial charge in [0.2, 0.25) is 5.91 Å². The van der Waals surface area contributed by atoms with Crippen molar-refractivity contribution in [2.75, 3.05) is 23.8 Å². The normalized spacial score (nSPS) is 10.2. The van der Waals surface area contributed by atoms with Gasteiger partial charge in [-0.15, -0.1) is 0 Å². The number of amides is 1. The van der Waals surface area contributed by atoms with Gasteiger partial charge in [0.05, 0.1) is 12.2 Å². The third-order valence-corrected chi connectivity index (χ3v) is 4.19. The van der Waals surface area contributed by atoms with Crippen LogP contribution in [0, 0.1) is 0 Å². The second-order valence-electron chi connectivity index (χ2n) is 6.94. The molecule has 0 aliphatic rings. The van der Waals surface area contributed by atoms with Gasteiger partial charge in [-0.1, -0.05) is 49.0 Å². The number of para-hydroxylation sites is 2. The number of rotatable bonds is 10. The number of benzene rings is 3. The summed E-state index contributed by atoms with van der Waals surface area (Å²) in [5.74, 6) is 1.23. The Balaban J connectivity index is 1.47. The standard InChI is InChI=1S/C25H26N2O3/c1-19(2)17-30-24-11-7-6-10-23(24)27-25(28)16-26-21-12-14-22(15-13-21)29-18-20-8-4-3-5-9-20/h3-15,26H,1,16-18H2,2H3,(H,27,28). The van der Waals surface area contributed by atoms with E-state index in [-0.39, 0.29) is 12.5 Å². The van der Waals surface area contributed by atoms with Crippen molar-refractivity contribution in [3.05, 3.63) is 96.6 Å². The molecule has 0 radical (unpaired) electrons. The van der Waals surface area contributed by atoms with Crippen LogP contribution in [0.1, 0.15) is 12.5 Å². The molecule has 0 spiro atoms. The van der Waals surface area contributed by atoms with E-state index in [2.05, 4.69) is 17.2 Å². The second-order valence-corrected chi connectivity index (χ2v) is 6.94. The van der Waals surface area contributed by atoms with E-state index in [1.807, 2.05) is 85.8 Å². The van der Waals surface area contributed by atoms with Crippen molar-refractivity contribution >= 4 is 17.3 Å². The summed E-state index contributed by atoms with van der Waals surface area (Å²) in [6.45, 7) is 6.78. The smallest absolute Gasteiger partial charge is 0.243 e. The number of ether oxygens (including phenoxy) is 2. The first-order chi connectivity index (χ1) is 14.6. The molecular weight excluding hydrogens is 376 g/mol. The lowest BCUT2D eigenvalue weighted by Crippen LogP contribution is -2.22. The SMILES string of the molecule is C=C(C)COc1ccccc1NC(=O)CNc1ccc(OCc2ccccc2)cc1. The Morgan fingerprint density at radius 3 is 2.33 bits per heavy atom. The van der Waals surface area contributed by atoms with E-state index in [1.165, 1.54) is 0 Å². The lowest BCUT2D eigenvalue weighted by Gasteiger charge is -2.13. The maximum Gasteiger partial charge on any atom is 0.243 e. The van der Waals surface area contributed by atoms with Gasteiger partial charge in [-0.3, -0.25) is 4.79 Å². The van der Waals surface area contributed by atoms with Gasteiger partial charge in [-0.2, -0.15) is 0 Å². The molecule has 0 unspecified atom stereocenters. The van der Waals surface area contributed by atoms with Crippen LogP contribution in [0.3, 0.4) is 0 Å². The Bertz CT molecular complexity index is 969. The number of anilines is 2. The molecule has 0 aromatic heterocycles. The molecule has 5 heteroatoms. The van der Waals surface area contributed by atoms with Crippen LogP contribution in [0.25, 0.3) is 0 Å². The minimum Gasteiger partial charge on any atom is -0.489 e. The Hall–Kier alpha value is -3.73. The third kappa shape index (κ3) is 6.71. The molecule has 3 aromatic rings. The zero-order chi connectivity index (χ0) is 21.2. The summed E-state index contributed by atoms with van der Waals surface area (Å²) in [6.07, 6.45) is 0. The van der Waals surface area contributed by atoms with E-state index in [0.29, 0.717) is 24.7 Å². The number of carbonyl (C=O) groups excluding carboxylic acids is 1. The lowest BCUT2D eigenvalue weighted by molar-refractivity contribution is -0.114. The van der Waals surface area contributed by atoms with Gasteiger partial charge in [0.1, 0.15) is 24.7 Å². The monoisotopic (exact) mass is 402 g/mol. The van der Waals surface area contributed by atoms with Gasteiger partial charge in [0, 0.05) is 5.69 Å². The van der Waals surface area contributed by atoms with Crippen LogP contribution in [0.15, 0.2) is 91.0 Å². The molecule has 0 bridgehead atoms. The van der Waals surface area contributed by atoms with E-state index < -0.39 is 0 Å². The number of hydrogen-bond donors (Lipinski definition) is 2. The predicted octanol–water partition coefficient (Wildman–Crippen LogP) is 5.27. The zero-order valence-electron chi connectivity index (χ0n) is 17.1. The van der Waals surface area contributed by atoms with Crippen LogP contribution in [0.5, 0.6) is 11.5 Å².